The fraction of sp³-hybridized carbons (Fsp3) is 0.333. The van der Waals surface area contributed by atoms with E-state index < -0.39 is 6.29 Å². The smallest absolute Gasteiger partial charge is 0.227 e. The largest absolute Gasteiger partial charge is 0.495 e. The van der Waals surface area contributed by atoms with Gasteiger partial charge in [0.1, 0.15) is 5.75 Å². The van der Waals surface area contributed by atoms with Gasteiger partial charge in [-0.1, -0.05) is 18.5 Å². The summed E-state index contributed by atoms with van der Waals surface area (Å²) in [6.45, 7) is 1.79. The Morgan fingerprint density at radius 1 is 1.23 bits per heavy atom. The molecule has 0 amide bonds. The Labute approximate surface area is 184 Å². The summed E-state index contributed by atoms with van der Waals surface area (Å²) in [5.41, 5.74) is 2.96. The number of benzene rings is 1. The number of methoxy groups -OCH3 is 1. The minimum Gasteiger partial charge on any atom is -0.495 e. The first-order chi connectivity index (χ1) is 14.9. The van der Waals surface area contributed by atoms with Crippen molar-refractivity contribution >= 4 is 29.0 Å². The summed E-state index contributed by atoms with van der Waals surface area (Å²) in [5.74, 6) is 0.913. The minimum atomic E-state index is -1.47. The summed E-state index contributed by atoms with van der Waals surface area (Å²) in [7, 11) is 1.53. The molecule has 164 valence electrons. The molecule has 3 rings (SSSR count). The van der Waals surface area contributed by atoms with Gasteiger partial charge >= 0.3 is 0 Å². The van der Waals surface area contributed by atoms with Crippen molar-refractivity contribution in [1.82, 2.24) is 19.7 Å². The highest BCUT2D eigenvalue weighted by Crippen LogP contribution is 2.31. The number of rotatable bonds is 10. The van der Waals surface area contributed by atoms with E-state index in [9.17, 15) is 4.79 Å². The molecule has 0 saturated heterocycles. The van der Waals surface area contributed by atoms with Gasteiger partial charge in [0, 0.05) is 30.6 Å². The first-order valence-electron chi connectivity index (χ1n) is 9.75. The van der Waals surface area contributed by atoms with Crippen LogP contribution in [-0.4, -0.2) is 49.1 Å². The van der Waals surface area contributed by atoms with Crippen LogP contribution >= 0.6 is 11.6 Å². The van der Waals surface area contributed by atoms with Crippen molar-refractivity contribution in [1.29, 1.82) is 0 Å². The molecule has 0 unspecified atom stereocenters. The lowest BCUT2D eigenvalue weighted by Crippen LogP contribution is -2.14. The van der Waals surface area contributed by atoms with Crippen LogP contribution in [0, 0.1) is 0 Å². The molecule has 3 N–H and O–H groups in total. The summed E-state index contributed by atoms with van der Waals surface area (Å²) in [4.78, 5) is 20.7. The number of ether oxygens (including phenoxy) is 1. The van der Waals surface area contributed by atoms with E-state index in [4.69, 9.17) is 26.6 Å². The molecule has 0 aliphatic rings. The maximum absolute atomic E-state index is 12.1. The van der Waals surface area contributed by atoms with Crippen LogP contribution in [0.1, 0.15) is 34.8 Å². The number of carbonyl (C=O) groups excluding carboxylic acids is 1. The van der Waals surface area contributed by atoms with E-state index in [1.165, 1.54) is 11.8 Å². The van der Waals surface area contributed by atoms with Gasteiger partial charge in [0.15, 0.2) is 12.1 Å². The van der Waals surface area contributed by atoms with Crippen molar-refractivity contribution in [3.63, 3.8) is 0 Å². The zero-order valence-electron chi connectivity index (χ0n) is 17.2. The molecule has 1 aromatic carbocycles. The Balaban J connectivity index is 1.65. The molecule has 0 aliphatic heterocycles. The van der Waals surface area contributed by atoms with Gasteiger partial charge in [0.05, 0.1) is 30.6 Å². The standard InChI is InChI=1S/C21H24ClN5O4/c1-3-17(28)15-6-14(20(22)18(7-15)31-2)5-4-13-8-23-21(24-9-13)26-16-10-25-27(11-16)12-19(29)30/h6-11,19,29-30H,3-5,12H2,1-2H3,(H,23,24,26). The van der Waals surface area contributed by atoms with Gasteiger partial charge in [-0.05, 0) is 36.1 Å². The summed E-state index contributed by atoms with van der Waals surface area (Å²) in [5, 5.41) is 25.5. The number of hydrogen-bond acceptors (Lipinski definition) is 8. The van der Waals surface area contributed by atoms with E-state index in [2.05, 4.69) is 20.4 Å². The Bertz CT molecular complexity index is 1040. The lowest BCUT2D eigenvalue weighted by Gasteiger charge is -2.12. The summed E-state index contributed by atoms with van der Waals surface area (Å²) in [6, 6.07) is 3.49. The van der Waals surface area contributed by atoms with E-state index in [1.54, 1.807) is 30.9 Å². The number of aliphatic hydroxyl groups excluding tert-OH is 1. The average Bonchev–Trinajstić information content (AvgIpc) is 3.19. The summed E-state index contributed by atoms with van der Waals surface area (Å²) < 4.78 is 6.72. The van der Waals surface area contributed by atoms with Crippen LogP contribution in [0.4, 0.5) is 11.6 Å². The lowest BCUT2D eigenvalue weighted by molar-refractivity contribution is -0.0534. The molecule has 0 aliphatic carbocycles. The monoisotopic (exact) mass is 445 g/mol. The number of aromatic nitrogens is 4. The van der Waals surface area contributed by atoms with E-state index >= 15 is 0 Å². The Hall–Kier alpha value is -3.01. The molecule has 0 fully saturated rings. The van der Waals surface area contributed by atoms with Crippen LogP contribution in [0.25, 0.3) is 0 Å². The number of anilines is 2. The SMILES string of the molecule is CCC(=O)c1cc(CCc2cnc(Nc3cnn(CC(O)O)c3)nc2)c(Cl)c(OC)c1. The maximum atomic E-state index is 12.1. The molecule has 10 heteroatoms. The number of carbonyl (C=O) groups is 1. The van der Waals surface area contributed by atoms with Crippen LogP contribution < -0.4 is 10.1 Å². The van der Waals surface area contributed by atoms with Crippen molar-refractivity contribution in [3.05, 3.63) is 58.6 Å². The number of aliphatic hydroxyl groups is 2. The van der Waals surface area contributed by atoms with Gasteiger partial charge in [-0.25, -0.2) is 9.97 Å². The Morgan fingerprint density at radius 3 is 2.61 bits per heavy atom. The third-order valence-electron chi connectivity index (χ3n) is 4.61. The fourth-order valence-corrected chi connectivity index (χ4v) is 3.28. The van der Waals surface area contributed by atoms with Gasteiger partial charge in [-0.2, -0.15) is 5.10 Å². The topological polar surface area (TPSA) is 122 Å². The van der Waals surface area contributed by atoms with Crippen LogP contribution in [0.2, 0.25) is 5.02 Å². The first kappa shape index (κ1) is 22.7. The van der Waals surface area contributed by atoms with Crippen molar-refractivity contribution in [2.45, 2.75) is 39.0 Å². The molecule has 2 heterocycles. The number of hydrogen-bond donors (Lipinski definition) is 3. The van der Waals surface area contributed by atoms with Gasteiger partial charge < -0.3 is 20.3 Å². The molecule has 0 saturated carbocycles. The highest BCUT2D eigenvalue weighted by atomic mass is 35.5. The number of halogens is 1. The zero-order valence-corrected chi connectivity index (χ0v) is 18.0. The van der Waals surface area contributed by atoms with Crippen molar-refractivity contribution in [3.8, 4) is 5.75 Å². The highest BCUT2D eigenvalue weighted by molar-refractivity contribution is 6.33. The molecule has 31 heavy (non-hydrogen) atoms. The van der Waals surface area contributed by atoms with Gasteiger partial charge in [0.25, 0.3) is 0 Å². The van der Waals surface area contributed by atoms with Crippen molar-refractivity contribution < 1.29 is 19.7 Å². The summed E-state index contributed by atoms with van der Waals surface area (Å²) in [6.07, 6.45) is 6.76. The first-order valence-corrected chi connectivity index (χ1v) is 10.1. The maximum Gasteiger partial charge on any atom is 0.227 e. The number of nitrogens with one attached hydrogen (secondary N) is 1. The molecule has 0 spiro atoms. The lowest BCUT2D eigenvalue weighted by atomic mass is 10.0. The molecule has 0 atom stereocenters. The number of Topliss-reactive ketones (excluding diaryl/α,β-unsaturated/α-hetero) is 1. The molecule has 9 nitrogen and oxygen atoms in total. The normalized spacial score (nSPS) is 11.0. The Morgan fingerprint density at radius 2 is 1.97 bits per heavy atom. The van der Waals surface area contributed by atoms with Gasteiger partial charge in [0.2, 0.25) is 5.95 Å². The third-order valence-corrected chi connectivity index (χ3v) is 5.03. The summed E-state index contributed by atoms with van der Waals surface area (Å²) >= 11 is 6.43. The van der Waals surface area contributed by atoms with E-state index in [0.29, 0.717) is 47.2 Å². The van der Waals surface area contributed by atoms with Crippen molar-refractivity contribution in [2.75, 3.05) is 12.4 Å². The molecular weight excluding hydrogens is 422 g/mol. The van der Waals surface area contributed by atoms with E-state index in [-0.39, 0.29) is 12.3 Å². The van der Waals surface area contributed by atoms with Crippen LogP contribution in [-0.2, 0) is 19.4 Å². The second-order valence-corrected chi connectivity index (χ2v) is 7.28. The van der Waals surface area contributed by atoms with E-state index in [0.717, 1.165) is 11.1 Å². The number of aryl methyl sites for hydroxylation is 2. The minimum absolute atomic E-state index is 0.0279. The molecular formula is C21H24ClN5O4. The predicted molar refractivity (Wildman–Crippen MR) is 116 cm³/mol. The van der Waals surface area contributed by atoms with Crippen LogP contribution in [0.5, 0.6) is 5.75 Å². The Kier molecular flexibility index (Phi) is 7.56. The predicted octanol–water partition coefficient (Wildman–Crippen LogP) is 2.77. The fourth-order valence-electron chi connectivity index (χ4n) is 3.00. The second-order valence-electron chi connectivity index (χ2n) is 6.90. The average molecular weight is 446 g/mol. The molecule has 2 aromatic heterocycles. The molecule has 0 bridgehead atoms. The van der Waals surface area contributed by atoms with Crippen LogP contribution in [0.15, 0.2) is 36.9 Å². The van der Waals surface area contributed by atoms with E-state index in [1.807, 2.05) is 13.0 Å². The third kappa shape index (κ3) is 6.00. The van der Waals surface area contributed by atoms with Crippen molar-refractivity contribution in [2.24, 2.45) is 0 Å². The highest BCUT2D eigenvalue weighted by Gasteiger charge is 2.14. The number of nitrogens with zero attached hydrogens (tertiary/aromatic N) is 4. The number of ketones is 1. The second kappa shape index (κ2) is 10.3. The molecule has 0 radical (unpaired) electrons. The zero-order chi connectivity index (χ0) is 22.4. The van der Waals surface area contributed by atoms with Gasteiger partial charge in [-0.15, -0.1) is 0 Å². The van der Waals surface area contributed by atoms with Crippen LogP contribution in [0.3, 0.4) is 0 Å². The quantitative estimate of drug-likeness (QED) is 0.321. The molecule has 3 aromatic rings. The van der Waals surface area contributed by atoms with Gasteiger partial charge in [-0.3, -0.25) is 9.48 Å².